The normalized spacial score (nSPS) is 18.8. The van der Waals surface area contributed by atoms with E-state index in [9.17, 15) is 10.1 Å². The van der Waals surface area contributed by atoms with E-state index in [2.05, 4.69) is 24.0 Å². The Morgan fingerprint density at radius 1 is 1.13 bits per heavy atom. The highest BCUT2D eigenvalue weighted by Crippen LogP contribution is 2.60. The lowest BCUT2D eigenvalue weighted by molar-refractivity contribution is -0.385. The molecule has 0 amide bonds. The molecule has 0 saturated carbocycles. The van der Waals surface area contributed by atoms with Crippen molar-refractivity contribution in [2.24, 2.45) is 0 Å². The maximum atomic E-state index is 11.5. The fourth-order valence-electron chi connectivity index (χ4n) is 4.19. The van der Waals surface area contributed by atoms with E-state index in [1.807, 2.05) is 48.5 Å². The number of hydrogen-bond donors (Lipinski definition) is 0. The fourth-order valence-corrected chi connectivity index (χ4v) is 5.67. The number of nitrogens with zero attached hydrogens (tertiary/aromatic N) is 2. The Labute approximate surface area is 184 Å². The van der Waals surface area contributed by atoms with Gasteiger partial charge in [-0.25, -0.2) is 0 Å². The number of hydrogen-bond acceptors (Lipinski definition) is 6. The molecule has 2 heterocycles. The van der Waals surface area contributed by atoms with E-state index in [-0.39, 0.29) is 5.69 Å². The van der Waals surface area contributed by atoms with Crippen molar-refractivity contribution in [1.82, 2.24) is 0 Å². The number of ether oxygens (including phenoxy) is 2. The smallest absolute Gasteiger partial charge is 0.274 e. The van der Waals surface area contributed by atoms with Crippen LogP contribution in [0.4, 0.5) is 11.4 Å². The van der Waals surface area contributed by atoms with Crippen LogP contribution in [0.5, 0.6) is 11.5 Å². The van der Waals surface area contributed by atoms with Gasteiger partial charge in [-0.15, -0.1) is 0 Å². The quantitative estimate of drug-likeness (QED) is 0.382. The number of non-ortho nitro benzene ring substituents is 1. The fraction of sp³-hybridized carbons (Fsp3) is 0.167. The number of anilines is 1. The summed E-state index contributed by atoms with van der Waals surface area (Å²) in [5.74, 6) is 0.853. The topological polar surface area (TPSA) is 64.8 Å². The first-order valence-electron chi connectivity index (χ1n) is 9.96. The second-order valence-corrected chi connectivity index (χ2v) is 8.44. The molecule has 0 aliphatic carbocycles. The molecule has 0 saturated heterocycles. The van der Waals surface area contributed by atoms with E-state index < -0.39 is 9.98 Å². The van der Waals surface area contributed by atoms with Gasteiger partial charge in [0.05, 0.1) is 23.8 Å². The highest BCUT2D eigenvalue weighted by atomic mass is 32.2. The van der Waals surface area contributed by atoms with E-state index in [0.29, 0.717) is 17.1 Å². The van der Waals surface area contributed by atoms with Crippen LogP contribution in [0.15, 0.2) is 71.6 Å². The maximum absolute atomic E-state index is 11.5. The van der Waals surface area contributed by atoms with Gasteiger partial charge in [-0.05, 0) is 42.5 Å². The standard InChI is InChI=1S/C24H20N2O4S/c1-3-25-20-11-7-8-12-22(20)31-24(25)19(16-9-5-4-6-10-16)14-17-13-18(26(27)28)15-21(29-2)23(17)30-24/h4-15H,3H2,1-2H3. The van der Waals surface area contributed by atoms with Gasteiger partial charge in [0.2, 0.25) is 0 Å². The largest absolute Gasteiger partial charge is 0.493 e. The Kier molecular flexibility index (Phi) is 4.63. The summed E-state index contributed by atoms with van der Waals surface area (Å²) >= 11 is 1.63. The van der Waals surface area contributed by atoms with Crippen LogP contribution in [-0.2, 0) is 0 Å². The molecule has 3 aromatic carbocycles. The van der Waals surface area contributed by atoms with Crippen molar-refractivity contribution < 1.29 is 14.4 Å². The molecule has 156 valence electrons. The van der Waals surface area contributed by atoms with Crippen molar-refractivity contribution in [3.05, 3.63) is 88.0 Å². The van der Waals surface area contributed by atoms with Gasteiger partial charge in [-0.1, -0.05) is 42.5 Å². The lowest BCUT2D eigenvalue weighted by atomic mass is 9.96. The first-order valence-corrected chi connectivity index (χ1v) is 10.8. The molecule has 0 fully saturated rings. The van der Waals surface area contributed by atoms with Gasteiger partial charge >= 0.3 is 0 Å². The molecular weight excluding hydrogens is 412 g/mol. The van der Waals surface area contributed by atoms with E-state index in [0.717, 1.165) is 28.3 Å². The molecule has 1 atom stereocenters. The number of para-hydroxylation sites is 1. The minimum absolute atomic E-state index is 0.0338. The van der Waals surface area contributed by atoms with Crippen LogP contribution in [0.1, 0.15) is 18.1 Å². The molecule has 0 bridgehead atoms. The second-order valence-electron chi connectivity index (χ2n) is 7.25. The number of likely N-dealkylation sites (N-methyl/N-ethyl adjacent to an activating group) is 1. The third kappa shape index (κ3) is 2.96. The summed E-state index contributed by atoms with van der Waals surface area (Å²) in [7, 11) is 1.50. The van der Waals surface area contributed by atoms with E-state index in [1.165, 1.54) is 19.2 Å². The Bertz CT molecular complexity index is 1210. The minimum atomic E-state index is -0.851. The third-order valence-electron chi connectivity index (χ3n) is 5.54. The van der Waals surface area contributed by atoms with Crippen LogP contribution in [0.3, 0.4) is 0 Å². The number of rotatable bonds is 4. The maximum Gasteiger partial charge on any atom is 0.274 e. The summed E-state index contributed by atoms with van der Waals surface area (Å²) in [6.45, 7) is 2.82. The summed E-state index contributed by atoms with van der Waals surface area (Å²) in [6.07, 6.45) is 1.99. The molecule has 3 aromatic rings. The molecule has 2 aliphatic heterocycles. The molecule has 1 unspecified atom stereocenters. The van der Waals surface area contributed by atoms with E-state index >= 15 is 0 Å². The van der Waals surface area contributed by atoms with Gasteiger partial charge in [-0.2, -0.15) is 0 Å². The van der Waals surface area contributed by atoms with Crippen molar-refractivity contribution in [2.75, 3.05) is 18.6 Å². The highest BCUT2D eigenvalue weighted by Gasteiger charge is 2.52. The molecule has 5 rings (SSSR count). The molecule has 1 spiro atoms. The molecule has 0 N–H and O–H groups in total. The summed E-state index contributed by atoms with van der Waals surface area (Å²) in [5, 5.41) is 10.6. The molecule has 0 radical (unpaired) electrons. The molecule has 6 nitrogen and oxygen atoms in total. The van der Waals surface area contributed by atoms with Crippen molar-refractivity contribution in [3.63, 3.8) is 0 Å². The van der Waals surface area contributed by atoms with Crippen LogP contribution in [0.2, 0.25) is 0 Å². The number of fused-ring (bicyclic) bond motifs is 2. The molecule has 31 heavy (non-hydrogen) atoms. The summed E-state index contributed by atoms with van der Waals surface area (Å²) in [5.41, 5.74) is 3.63. The number of nitro benzene ring substituents is 1. The third-order valence-corrected chi connectivity index (χ3v) is 6.91. The zero-order chi connectivity index (χ0) is 21.6. The van der Waals surface area contributed by atoms with Crippen LogP contribution in [0.25, 0.3) is 11.6 Å². The molecule has 2 aliphatic rings. The molecule has 0 aromatic heterocycles. The summed E-state index contributed by atoms with van der Waals surface area (Å²) in [4.78, 5) is 14.4. The number of benzene rings is 3. The first-order chi connectivity index (χ1) is 15.1. The van der Waals surface area contributed by atoms with Gasteiger partial charge in [-0.3, -0.25) is 10.1 Å². The van der Waals surface area contributed by atoms with Crippen LogP contribution >= 0.6 is 11.8 Å². The van der Waals surface area contributed by atoms with Crippen molar-refractivity contribution in [1.29, 1.82) is 0 Å². The second kappa shape index (κ2) is 7.35. The van der Waals surface area contributed by atoms with Crippen LogP contribution < -0.4 is 14.4 Å². The van der Waals surface area contributed by atoms with Gasteiger partial charge in [0.25, 0.3) is 10.7 Å². The van der Waals surface area contributed by atoms with Crippen molar-refractivity contribution >= 4 is 34.8 Å². The Morgan fingerprint density at radius 2 is 1.87 bits per heavy atom. The zero-order valence-corrected chi connectivity index (χ0v) is 17.9. The highest BCUT2D eigenvalue weighted by molar-refractivity contribution is 8.01. The predicted octanol–water partition coefficient (Wildman–Crippen LogP) is 5.82. The average molecular weight is 433 g/mol. The Morgan fingerprint density at radius 3 is 2.58 bits per heavy atom. The van der Waals surface area contributed by atoms with Crippen molar-refractivity contribution in [2.45, 2.75) is 16.9 Å². The Hall–Kier alpha value is -3.45. The zero-order valence-electron chi connectivity index (χ0n) is 17.1. The van der Waals surface area contributed by atoms with E-state index in [1.54, 1.807) is 11.8 Å². The Balaban J connectivity index is 1.78. The number of thioether (sulfide) groups is 1. The molecular formula is C24H20N2O4S. The van der Waals surface area contributed by atoms with Crippen molar-refractivity contribution in [3.8, 4) is 11.5 Å². The molecule has 7 heteroatoms. The summed E-state index contributed by atoms with van der Waals surface area (Å²) < 4.78 is 12.3. The van der Waals surface area contributed by atoms with Gasteiger partial charge in [0.1, 0.15) is 0 Å². The van der Waals surface area contributed by atoms with Crippen LogP contribution in [0, 0.1) is 10.1 Å². The van der Waals surface area contributed by atoms with Gasteiger partial charge in [0, 0.05) is 28.6 Å². The lowest BCUT2D eigenvalue weighted by Gasteiger charge is -2.43. The number of methoxy groups -OCH3 is 1. The lowest BCUT2D eigenvalue weighted by Crippen LogP contribution is -2.50. The monoisotopic (exact) mass is 432 g/mol. The first kappa shape index (κ1) is 19.5. The average Bonchev–Trinajstić information content (AvgIpc) is 3.11. The number of nitro groups is 1. The van der Waals surface area contributed by atoms with E-state index in [4.69, 9.17) is 9.47 Å². The van der Waals surface area contributed by atoms with Gasteiger partial charge in [0.15, 0.2) is 11.5 Å². The van der Waals surface area contributed by atoms with Gasteiger partial charge < -0.3 is 14.4 Å². The SMILES string of the molecule is CCN1c2ccccc2SC12Oc1c(cc([N+](=O)[O-])cc1OC)C=C2c1ccccc1. The summed E-state index contributed by atoms with van der Waals surface area (Å²) in [6, 6.07) is 21.2. The minimum Gasteiger partial charge on any atom is -0.493 e. The predicted molar refractivity (Wildman–Crippen MR) is 123 cm³/mol. The van der Waals surface area contributed by atoms with Crippen LogP contribution in [-0.4, -0.2) is 23.6 Å².